The van der Waals surface area contributed by atoms with E-state index >= 15 is 0 Å². The van der Waals surface area contributed by atoms with Crippen LogP contribution in [-0.4, -0.2) is 39.8 Å². The van der Waals surface area contributed by atoms with Gasteiger partial charge in [-0.2, -0.15) is 0 Å². The van der Waals surface area contributed by atoms with Crippen LogP contribution in [0.4, 0.5) is 0 Å². The van der Waals surface area contributed by atoms with Crippen molar-refractivity contribution in [3.63, 3.8) is 0 Å². The molecule has 13 heavy (non-hydrogen) atoms. The Bertz CT molecular complexity index is 160. The molecule has 0 aliphatic carbocycles. The minimum Gasteiger partial charge on any atom is -0.760 e. The number of rotatable bonds is 5. The second-order valence-corrected chi connectivity index (χ2v) is 4.14. The van der Waals surface area contributed by atoms with E-state index in [-0.39, 0.29) is 0 Å². The molecule has 0 aromatic heterocycles. The number of hydrogen-bond donors (Lipinski definition) is 1. The van der Waals surface area contributed by atoms with E-state index in [9.17, 15) is 8.76 Å². The average molecular weight is 205 g/mol. The third-order valence-electron chi connectivity index (χ3n) is 2.32. The Morgan fingerprint density at radius 3 is 2.62 bits per heavy atom. The molecule has 1 unspecified atom stereocenters. The van der Waals surface area contributed by atoms with Gasteiger partial charge in [-0.25, -0.2) is 4.72 Å². The smallest absolute Gasteiger partial charge is 0.0181 e. The minimum atomic E-state index is -2.09. The quantitative estimate of drug-likeness (QED) is 0.517. The van der Waals surface area contributed by atoms with Gasteiger partial charge >= 0.3 is 0 Å². The molecular weight excluding hydrogens is 188 g/mol. The fourth-order valence-corrected chi connectivity index (χ4v) is 1.95. The maximum Gasteiger partial charge on any atom is 0.0181 e. The summed E-state index contributed by atoms with van der Waals surface area (Å²) in [6.07, 6.45) is 4.84. The fraction of sp³-hybridized carbons (Fsp3) is 1.00. The van der Waals surface area contributed by atoms with Crippen molar-refractivity contribution in [1.82, 2.24) is 9.62 Å². The van der Waals surface area contributed by atoms with E-state index < -0.39 is 11.3 Å². The van der Waals surface area contributed by atoms with Gasteiger partial charge in [-0.1, -0.05) is 6.42 Å². The molecule has 1 fully saturated rings. The van der Waals surface area contributed by atoms with Crippen molar-refractivity contribution in [3.8, 4) is 0 Å². The molecule has 0 bridgehead atoms. The topological polar surface area (TPSA) is 55.4 Å². The van der Waals surface area contributed by atoms with Crippen molar-refractivity contribution in [2.75, 3.05) is 26.2 Å². The molecule has 0 aromatic carbocycles. The van der Waals surface area contributed by atoms with E-state index in [0.29, 0.717) is 6.54 Å². The second kappa shape index (κ2) is 6.48. The van der Waals surface area contributed by atoms with Crippen molar-refractivity contribution in [3.05, 3.63) is 0 Å². The summed E-state index contributed by atoms with van der Waals surface area (Å²) < 4.78 is 22.6. The van der Waals surface area contributed by atoms with E-state index in [1.807, 2.05) is 0 Å². The van der Waals surface area contributed by atoms with Gasteiger partial charge < -0.3 is 9.45 Å². The third-order valence-corrected chi connectivity index (χ3v) is 2.76. The fourth-order valence-electron chi connectivity index (χ4n) is 1.64. The zero-order valence-electron chi connectivity index (χ0n) is 7.83. The van der Waals surface area contributed by atoms with Crippen LogP contribution in [0.3, 0.4) is 0 Å². The van der Waals surface area contributed by atoms with Crippen LogP contribution < -0.4 is 4.72 Å². The van der Waals surface area contributed by atoms with E-state index in [1.54, 1.807) is 0 Å². The molecule has 1 aliphatic heterocycles. The Kier molecular flexibility index (Phi) is 5.54. The van der Waals surface area contributed by atoms with Crippen LogP contribution in [0.15, 0.2) is 0 Å². The summed E-state index contributed by atoms with van der Waals surface area (Å²) in [5.74, 6) is 0. The highest BCUT2D eigenvalue weighted by Crippen LogP contribution is 2.08. The first kappa shape index (κ1) is 11.1. The Balaban J connectivity index is 1.95. The predicted molar refractivity (Wildman–Crippen MR) is 51.8 cm³/mol. The largest absolute Gasteiger partial charge is 0.760 e. The Morgan fingerprint density at radius 2 is 2.00 bits per heavy atom. The first-order valence-electron chi connectivity index (χ1n) is 4.84. The maximum atomic E-state index is 10.1. The van der Waals surface area contributed by atoms with Crippen LogP contribution >= 0.6 is 0 Å². The summed E-state index contributed by atoms with van der Waals surface area (Å²) in [5, 5.41) is 0. The van der Waals surface area contributed by atoms with Gasteiger partial charge in [0.1, 0.15) is 0 Å². The Morgan fingerprint density at radius 1 is 1.31 bits per heavy atom. The highest BCUT2D eigenvalue weighted by Gasteiger charge is 2.08. The van der Waals surface area contributed by atoms with Gasteiger partial charge in [0.25, 0.3) is 0 Å². The minimum absolute atomic E-state index is 0.562. The summed E-state index contributed by atoms with van der Waals surface area (Å²) in [6, 6.07) is 0. The van der Waals surface area contributed by atoms with Crippen LogP contribution in [0.25, 0.3) is 0 Å². The van der Waals surface area contributed by atoms with Gasteiger partial charge in [0.05, 0.1) is 0 Å². The van der Waals surface area contributed by atoms with Crippen LogP contribution in [0, 0.1) is 0 Å². The molecule has 0 saturated carbocycles. The Labute approximate surface area is 82.1 Å². The average Bonchev–Trinajstić information content (AvgIpc) is 2.14. The van der Waals surface area contributed by atoms with Gasteiger partial charge in [-0.15, -0.1) is 0 Å². The van der Waals surface area contributed by atoms with Gasteiger partial charge in [-0.3, -0.25) is 4.21 Å². The van der Waals surface area contributed by atoms with E-state index in [1.165, 1.54) is 32.4 Å². The molecule has 0 amide bonds. The standard InChI is InChI=1S/C8H18N2O2S/c11-13(12)9-5-4-8-10-6-2-1-3-7-10/h9H,1-8H2,(H,11,12)/p-1. The lowest BCUT2D eigenvalue weighted by Crippen LogP contribution is -2.32. The van der Waals surface area contributed by atoms with Gasteiger partial charge in [0, 0.05) is 17.8 Å². The summed E-state index contributed by atoms with van der Waals surface area (Å²) in [5.41, 5.74) is 0. The van der Waals surface area contributed by atoms with Crippen LogP contribution in [0.2, 0.25) is 0 Å². The molecule has 0 spiro atoms. The van der Waals surface area contributed by atoms with Crippen molar-refractivity contribution in [2.45, 2.75) is 25.7 Å². The molecular formula is C8H17N2O2S-. The zero-order chi connectivity index (χ0) is 9.52. The van der Waals surface area contributed by atoms with Crippen LogP contribution in [0.5, 0.6) is 0 Å². The predicted octanol–water partition coefficient (Wildman–Crippen LogP) is 0.246. The second-order valence-electron chi connectivity index (χ2n) is 3.38. The van der Waals surface area contributed by atoms with Crippen molar-refractivity contribution in [1.29, 1.82) is 0 Å². The van der Waals surface area contributed by atoms with Crippen molar-refractivity contribution in [2.24, 2.45) is 0 Å². The molecule has 0 aromatic rings. The number of nitrogens with zero attached hydrogens (tertiary/aromatic N) is 1. The third kappa shape index (κ3) is 5.36. The van der Waals surface area contributed by atoms with Crippen molar-refractivity contribution < 1.29 is 8.76 Å². The van der Waals surface area contributed by atoms with Gasteiger partial charge in [0.15, 0.2) is 0 Å². The molecule has 0 radical (unpaired) electrons. The summed E-state index contributed by atoms with van der Waals surface area (Å²) in [6.45, 7) is 3.94. The van der Waals surface area contributed by atoms with E-state index in [2.05, 4.69) is 9.62 Å². The molecule has 5 heteroatoms. The molecule has 1 saturated heterocycles. The first-order valence-corrected chi connectivity index (χ1v) is 5.91. The normalized spacial score (nSPS) is 21.6. The lowest BCUT2D eigenvalue weighted by atomic mass is 10.1. The molecule has 1 aliphatic rings. The molecule has 78 valence electrons. The summed E-state index contributed by atoms with van der Waals surface area (Å²) in [4.78, 5) is 2.40. The number of piperidine rings is 1. The summed E-state index contributed by atoms with van der Waals surface area (Å²) >= 11 is -2.09. The highest BCUT2D eigenvalue weighted by molar-refractivity contribution is 7.77. The molecule has 1 heterocycles. The first-order chi connectivity index (χ1) is 6.29. The van der Waals surface area contributed by atoms with Crippen molar-refractivity contribution >= 4 is 11.3 Å². The molecule has 1 N–H and O–H groups in total. The number of hydrogen-bond acceptors (Lipinski definition) is 3. The lowest BCUT2D eigenvalue weighted by molar-refractivity contribution is 0.227. The number of likely N-dealkylation sites (tertiary alicyclic amines) is 1. The SMILES string of the molecule is O=S([O-])NCCCN1CCCCC1. The lowest BCUT2D eigenvalue weighted by Gasteiger charge is -2.26. The maximum absolute atomic E-state index is 10.1. The molecule has 1 atom stereocenters. The Hall–Kier alpha value is 0.0300. The van der Waals surface area contributed by atoms with E-state index in [4.69, 9.17) is 0 Å². The van der Waals surface area contributed by atoms with Gasteiger partial charge in [-0.05, 0) is 38.9 Å². The molecule has 4 nitrogen and oxygen atoms in total. The van der Waals surface area contributed by atoms with Crippen LogP contribution in [0.1, 0.15) is 25.7 Å². The zero-order valence-corrected chi connectivity index (χ0v) is 8.65. The number of nitrogens with one attached hydrogen (secondary N) is 1. The highest BCUT2D eigenvalue weighted by atomic mass is 32.2. The van der Waals surface area contributed by atoms with Gasteiger partial charge in [0.2, 0.25) is 0 Å². The van der Waals surface area contributed by atoms with E-state index in [0.717, 1.165) is 13.0 Å². The molecule has 1 rings (SSSR count). The monoisotopic (exact) mass is 205 g/mol. The van der Waals surface area contributed by atoms with Crippen LogP contribution in [-0.2, 0) is 11.3 Å². The summed E-state index contributed by atoms with van der Waals surface area (Å²) in [7, 11) is 0.